The monoisotopic (exact) mass is 299 g/mol. The van der Waals surface area contributed by atoms with Crippen LogP contribution in [0.15, 0.2) is 6.07 Å². The van der Waals surface area contributed by atoms with E-state index in [1.165, 1.54) is 37.8 Å². The van der Waals surface area contributed by atoms with Gasteiger partial charge in [-0.1, -0.05) is 19.3 Å². The summed E-state index contributed by atoms with van der Waals surface area (Å²) in [5, 5.41) is 2.86. The van der Waals surface area contributed by atoms with Gasteiger partial charge in [-0.05, 0) is 32.8 Å². The molecule has 0 aliphatic heterocycles. The van der Waals surface area contributed by atoms with Gasteiger partial charge in [0.2, 0.25) is 0 Å². The Kier molecular flexibility index (Phi) is 6.56. The minimum Gasteiger partial charge on any atom is -0.351 e. The molecule has 1 aliphatic rings. The zero-order chi connectivity index (χ0) is 13.8. The first-order valence-corrected chi connectivity index (χ1v) is 7.32. The Balaban J connectivity index is 0.00000200. The van der Waals surface area contributed by atoms with Crippen LogP contribution in [0.4, 0.5) is 0 Å². The van der Waals surface area contributed by atoms with E-state index in [0.29, 0.717) is 19.1 Å². The number of nitrogens with zero attached hydrogens (tertiary/aromatic N) is 1. The van der Waals surface area contributed by atoms with Gasteiger partial charge in [-0.25, -0.2) is 0 Å². The van der Waals surface area contributed by atoms with Gasteiger partial charge in [0, 0.05) is 30.5 Å². The molecule has 1 amide bonds. The SMILES string of the molecule is Cc1cc(C(=O)NCCN)c(C)n1C1CCCCC1.Cl. The largest absolute Gasteiger partial charge is 0.351 e. The van der Waals surface area contributed by atoms with Gasteiger partial charge >= 0.3 is 0 Å². The van der Waals surface area contributed by atoms with Crippen molar-refractivity contribution in [2.24, 2.45) is 5.73 Å². The van der Waals surface area contributed by atoms with Crippen LogP contribution in [-0.2, 0) is 0 Å². The number of carbonyl (C=O) groups excluding carboxylic acids is 1. The topological polar surface area (TPSA) is 60.1 Å². The normalized spacial score (nSPS) is 15.8. The van der Waals surface area contributed by atoms with Crippen LogP contribution in [0.2, 0.25) is 0 Å². The Hall–Kier alpha value is -1.000. The number of hydrogen-bond acceptors (Lipinski definition) is 2. The van der Waals surface area contributed by atoms with Gasteiger partial charge < -0.3 is 15.6 Å². The zero-order valence-electron chi connectivity index (χ0n) is 12.4. The number of halogens is 1. The summed E-state index contributed by atoms with van der Waals surface area (Å²) in [6.45, 7) is 5.17. The van der Waals surface area contributed by atoms with E-state index in [2.05, 4.69) is 23.7 Å². The van der Waals surface area contributed by atoms with E-state index >= 15 is 0 Å². The van der Waals surface area contributed by atoms with Crippen LogP contribution in [0.1, 0.15) is 59.9 Å². The van der Waals surface area contributed by atoms with Gasteiger partial charge in [0.05, 0.1) is 5.56 Å². The van der Waals surface area contributed by atoms with Gasteiger partial charge in [0.15, 0.2) is 0 Å². The Bertz CT molecular complexity index is 450. The molecule has 1 aromatic heterocycles. The molecule has 0 aromatic carbocycles. The highest BCUT2D eigenvalue weighted by molar-refractivity contribution is 5.95. The maximum Gasteiger partial charge on any atom is 0.253 e. The number of aromatic nitrogens is 1. The summed E-state index contributed by atoms with van der Waals surface area (Å²) < 4.78 is 2.36. The second-order valence-electron chi connectivity index (χ2n) is 5.49. The Labute approximate surface area is 127 Å². The molecular weight excluding hydrogens is 274 g/mol. The fourth-order valence-electron chi connectivity index (χ4n) is 3.19. The average molecular weight is 300 g/mol. The van der Waals surface area contributed by atoms with Crippen LogP contribution in [0, 0.1) is 13.8 Å². The minimum atomic E-state index is 0. The van der Waals surface area contributed by atoms with E-state index in [0.717, 1.165) is 11.3 Å². The molecule has 0 bridgehead atoms. The molecule has 0 unspecified atom stereocenters. The molecule has 0 saturated heterocycles. The molecule has 1 heterocycles. The van der Waals surface area contributed by atoms with E-state index in [1.54, 1.807) is 0 Å². The van der Waals surface area contributed by atoms with Crippen LogP contribution in [-0.4, -0.2) is 23.6 Å². The van der Waals surface area contributed by atoms with Crippen molar-refractivity contribution in [2.75, 3.05) is 13.1 Å². The molecule has 5 heteroatoms. The van der Waals surface area contributed by atoms with Gasteiger partial charge in [0.1, 0.15) is 0 Å². The molecule has 1 fully saturated rings. The lowest BCUT2D eigenvalue weighted by molar-refractivity contribution is 0.0954. The summed E-state index contributed by atoms with van der Waals surface area (Å²) in [6.07, 6.45) is 6.42. The predicted molar refractivity (Wildman–Crippen MR) is 84.7 cm³/mol. The van der Waals surface area contributed by atoms with Crippen LogP contribution in [0.3, 0.4) is 0 Å². The van der Waals surface area contributed by atoms with E-state index < -0.39 is 0 Å². The molecule has 0 atom stereocenters. The highest BCUT2D eigenvalue weighted by Gasteiger charge is 2.22. The summed E-state index contributed by atoms with van der Waals surface area (Å²) in [6, 6.07) is 2.58. The number of amides is 1. The second kappa shape index (κ2) is 7.70. The quantitative estimate of drug-likeness (QED) is 0.898. The van der Waals surface area contributed by atoms with Crippen molar-refractivity contribution in [3.05, 3.63) is 23.0 Å². The molecule has 0 radical (unpaired) electrons. The fourth-order valence-corrected chi connectivity index (χ4v) is 3.19. The van der Waals surface area contributed by atoms with E-state index in [-0.39, 0.29) is 18.3 Å². The Morgan fingerprint density at radius 3 is 2.60 bits per heavy atom. The van der Waals surface area contributed by atoms with Gasteiger partial charge in [0.25, 0.3) is 5.91 Å². The van der Waals surface area contributed by atoms with Crippen molar-refractivity contribution >= 4 is 18.3 Å². The van der Waals surface area contributed by atoms with Gasteiger partial charge in [-0.2, -0.15) is 0 Å². The van der Waals surface area contributed by atoms with Crippen LogP contribution >= 0.6 is 12.4 Å². The summed E-state index contributed by atoms with van der Waals surface area (Å²) in [4.78, 5) is 12.1. The van der Waals surface area contributed by atoms with Crippen molar-refractivity contribution in [3.8, 4) is 0 Å². The molecule has 20 heavy (non-hydrogen) atoms. The van der Waals surface area contributed by atoms with Crippen LogP contribution < -0.4 is 11.1 Å². The van der Waals surface area contributed by atoms with E-state index in [9.17, 15) is 4.79 Å². The smallest absolute Gasteiger partial charge is 0.253 e. The molecular formula is C15H26ClN3O. The number of hydrogen-bond donors (Lipinski definition) is 2. The first-order valence-electron chi connectivity index (χ1n) is 7.32. The number of aryl methyl sites for hydroxylation is 1. The van der Waals surface area contributed by atoms with Crippen molar-refractivity contribution in [1.29, 1.82) is 0 Å². The van der Waals surface area contributed by atoms with Crippen molar-refractivity contribution < 1.29 is 4.79 Å². The van der Waals surface area contributed by atoms with Crippen molar-refractivity contribution in [2.45, 2.75) is 52.0 Å². The maximum absolute atomic E-state index is 12.1. The minimum absolute atomic E-state index is 0. The summed E-state index contributed by atoms with van der Waals surface area (Å²) in [7, 11) is 0. The molecule has 2 rings (SSSR count). The summed E-state index contributed by atoms with van der Waals surface area (Å²) >= 11 is 0. The maximum atomic E-state index is 12.1. The third-order valence-corrected chi connectivity index (χ3v) is 4.10. The highest BCUT2D eigenvalue weighted by Crippen LogP contribution is 2.32. The standard InChI is InChI=1S/C15H25N3O.ClH/c1-11-10-14(15(19)17-9-8-16)12(2)18(11)13-6-4-3-5-7-13;/h10,13H,3-9,16H2,1-2H3,(H,17,19);1H. The Morgan fingerprint density at radius 2 is 2.00 bits per heavy atom. The highest BCUT2D eigenvalue weighted by atomic mass is 35.5. The third-order valence-electron chi connectivity index (χ3n) is 4.10. The van der Waals surface area contributed by atoms with Gasteiger partial charge in [-0.15, -0.1) is 12.4 Å². The number of carbonyl (C=O) groups is 1. The number of nitrogens with two attached hydrogens (primary N) is 1. The van der Waals surface area contributed by atoms with Crippen molar-refractivity contribution in [1.82, 2.24) is 9.88 Å². The first-order chi connectivity index (χ1) is 9.15. The molecule has 0 spiro atoms. The molecule has 114 valence electrons. The van der Waals surface area contributed by atoms with Crippen molar-refractivity contribution in [3.63, 3.8) is 0 Å². The number of nitrogens with one attached hydrogen (secondary N) is 1. The molecule has 3 N–H and O–H groups in total. The Morgan fingerprint density at radius 1 is 1.35 bits per heavy atom. The summed E-state index contributed by atoms with van der Waals surface area (Å²) in [5.41, 5.74) is 8.52. The van der Waals surface area contributed by atoms with Gasteiger partial charge in [-0.3, -0.25) is 4.79 Å². The van der Waals surface area contributed by atoms with Crippen LogP contribution in [0.5, 0.6) is 0 Å². The number of rotatable bonds is 4. The lowest BCUT2D eigenvalue weighted by Crippen LogP contribution is -2.29. The average Bonchev–Trinajstić information content (AvgIpc) is 2.72. The first kappa shape index (κ1) is 17.1. The van der Waals surface area contributed by atoms with Crippen LogP contribution in [0.25, 0.3) is 0 Å². The predicted octanol–water partition coefficient (Wildman–Crippen LogP) is 2.72. The lowest BCUT2D eigenvalue weighted by atomic mass is 9.95. The molecule has 1 aromatic rings. The van der Waals surface area contributed by atoms with E-state index in [4.69, 9.17) is 5.73 Å². The molecule has 1 aliphatic carbocycles. The lowest BCUT2D eigenvalue weighted by Gasteiger charge is -2.26. The third kappa shape index (κ3) is 3.55. The summed E-state index contributed by atoms with van der Waals surface area (Å²) in [5.74, 6) is 0.000564. The zero-order valence-corrected chi connectivity index (χ0v) is 13.3. The van der Waals surface area contributed by atoms with E-state index in [1.807, 2.05) is 6.07 Å². The molecule has 4 nitrogen and oxygen atoms in total. The fraction of sp³-hybridized carbons (Fsp3) is 0.667. The molecule has 1 saturated carbocycles. The second-order valence-corrected chi connectivity index (χ2v) is 5.49.